The SMILES string of the molecule is CC/C=C/CC(C)C=NC. The molecule has 0 N–H and O–H groups in total. The second-order valence-corrected chi connectivity index (χ2v) is 2.50. The molecular formula is C9H17N. The quantitative estimate of drug-likeness (QED) is 0.419. The number of rotatable bonds is 4. The summed E-state index contributed by atoms with van der Waals surface area (Å²) in [6, 6.07) is 0. The van der Waals surface area contributed by atoms with Gasteiger partial charge < -0.3 is 4.99 Å². The van der Waals surface area contributed by atoms with Crippen molar-refractivity contribution in [2.24, 2.45) is 10.9 Å². The fourth-order valence-corrected chi connectivity index (χ4v) is 0.793. The molecule has 58 valence electrons. The second-order valence-electron chi connectivity index (χ2n) is 2.50. The van der Waals surface area contributed by atoms with E-state index in [4.69, 9.17) is 0 Å². The van der Waals surface area contributed by atoms with Gasteiger partial charge in [0.1, 0.15) is 0 Å². The van der Waals surface area contributed by atoms with Gasteiger partial charge in [0.2, 0.25) is 0 Å². The summed E-state index contributed by atoms with van der Waals surface area (Å²) in [5.74, 6) is 0.591. The maximum Gasteiger partial charge on any atom is 0.0273 e. The summed E-state index contributed by atoms with van der Waals surface area (Å²) < 4.78 is 0. The molecule has 0 spiro atoms. The fourth-order valence-electron chi connectivity index (χ4n) is 0.793. The maximum absolute atomic E-state index is 3.96. The van der Waals surface area contributed by atoms with Gasteiger partial charge in [0.05, 0.1) is 0 Å². The first-order chi connectivity index (χ1) is 4.81. The molecule has 0 heterocycles. The molecule has 1 atom stereocenters. The van der Waals surface area contributed by atoms with Gasteiger partial charge in [-0.05, 0) is 18.8 Å². The average Bonchev–Trinajstić information content (AvgIpc) is 1.89. The molecule has 0 aromatic carbocycles. The van der Waals surface area contributed by atoms with Crippen LogP contribution in [0.2, 0.25) is 0 Å². The van der Waals surface area contributed by atoms with Gasteiger partial charge in [0.25, 0.3) is 0 Å². The van der Waals surface area contributed by atoms with E-state index in [9.17, 15) is 0 Å². The van der Waals surface area contributed by atoms with E-state index in [0.29, 0.717) is 5.92 Å². The van der Waals surface area contributed by atoms with Gasteiger partial charge in [-0.2, -0.15) is 0 Å². The molecule has 0 aliphatic rings. The molecule has 0 amide bonds. The van der Waals surface area contributed by atoms with E-state index in [1.54, 1.807) is 0 Å². The van der Waals surface area contributed by atoms with E-state index in [1.165, 1.54) is 0 Å². The summed E-state index contributed by atoms with van der Waals surface area (Å²) in [7, 11) is 1.82. The van der Waals surface area contributed by atoms with Crippen molar-refractivity contribution in [2.75, 3.05) is 7.05 Å². The Morgan fingerprint density at radius 1 is 1.40 bits per heavy atom. The van der Waals surface area contributed by atoms with E-state index in [0.717, 1.165) is 12.8 Å². The minimum Gasteiger partial charge on any atom is -0.301 e. The summed E-state index contributed by atoms with van der Waals surface area (Å²) in [6.07, 6.45) is 8.65. The van der Waals surface area contributed by atoms with Crippen molar-refractivity contribution in [1.82, 2.24) is 0 Å². The molecule has 0 radical (unpaired) electrons. The number of aliphatic imine (C=N–C) groups is 1. The Balaban J connectivity index is 3.38. The Bertz CT molecular complexity index is 114. The normalized spacial score (nSPS) is 15.1. The zero-order valence-electron chi connectivity index (χ0n) is 7.17. The largest absolute Gasteiger partial charge is 0.301 e. The van der Waals surface area contributed by atoms with E-state index < -0.39 is 0 Å². The first kappa shape index (κ1) is 9.41. The van der Waals surface area contributed by atoms with Gasteiger partial charge in [-0.15, -0.1) is 0 Å². The molecule has 10 heavy (non-hydrogen) atoms. The van der Waals surface area contributed by atoms with Crippen LogP contribution in [0.4, 0.5) is 0 Å². The summed E-state index contributed by atoms with van der Waals surface area (Å²) in [4.78, 5) is 3.96. The van der Waals surface area contributed by atoms with Crippen LogP contribution in [0, 0.1) is 5.92 Å². The number of allylic oxidation sites excluding steroid dienone is 2. The molecule has 0 saturated carbocycles. The summed E-state index contributed by atoms with van der Waals surface area (Å²) >= 11 is 0. The Morgan fingerprint density at radius 2 is 2.10 bits per heavy atom. The lowest BCUT2D eigenvalue weighted by Crippen LogP contribution is -1.92. The van der Waals surface area contributed by atoms with Gasteiger partial charge in [-0.25, -0.2) is 0 Å². The van der Waals surface area contributed by atoms with Crippen LogP contribution in [0.1, 0.15) is 26.7 Å². The minimum atomic E-state index is 0.591. The first-order valence-electron chi connectivity index (χ1n) is 3.88. The molecule has 1 heteroatoms. The summed E-state index contributed by atoms with van der Waals surface area (Å²) in [6.45, 7) is 4.32. The highest BCUT2D eigenvalue weighted by Gasteiger charge is 1.90. The van der Waals surface area contributed by atoms with Crippen LogP contribution in [0.25, 0.3) is 0 Å². The van der Waals surface area contributed by atoms with Crippen molar-refractivity contribution < 1.29 is 0 Å². The number of hydrogen-bond donors (Lipinski definition) is 0. The smallest absolute Gasteiger partial charge is 0.0273 e. The Kier molecular flexibility index (Phi) is 6.14. The van der Waals surface area contributed by atoms with Crippen LogP contribution >= 0.6 is 0 Å². The molecule has 0 aliphatic carbocycles. The monoisotopic (exact) mass is 139 g/mol. The van der Waals surface area contributed by atoms with Crippen LogP contribution in [0.15, 0.2) is 17.1 Å². The summed E-state index contributed by atoms with van der Waals surface area (Å²) in [5.41, 5.74) is 0. The number of nitrogens with zero attached hydrogens (tertiary/aromatic N) is 1. The van der Waals surface area contributed by atoms with Crippen LogP contribution in [0.3, 0.4) is 0 Å². The van der Waals surface area contributed by atoms with E-state index in [1.807, 2.05) is 13.3 Å². The lowest BCUT2D eigenvalue weighted by Gasteiger charge is -1.97. The standard InChI is InChI=1S/C9H17N/c1-4-5-6-7-9(2)8-10-3/h5-6,8-9H,4,7H2,1-3H3/b6-5+,10-8?. The third kappa shape index (κ3) is 5.54. The predicted octanol–water partition coefficient (Wildman–Crippen LogP) is 2.68. The van der Waals surface area contributed by atoms with Crippen LogP contribution in [-0.4, -0.2) is 13.3 Å². The van der Waals surface area contributed by atoms with Gasteiger partial charge >= 0.3 is 0 Å². The first-order valence-corrected chi connectivity index (χ1v) is 3.88. The maximum atomic E-state index is 3.96. The minimum absolute atomic E-state index is 0.591. The highest BCUT2D eigenvalue weighted by Crippen LogP contribution is 1.99. The molecule has 0 aromatic rings. The lowest BCUT2D eigenvalue weighted by atomic mass is 10.1. The van der Waals surface area contributed by atoms with Crippen LogP contribution < -0.4 is 0 Å². The number of hydrogen-bond acceptors (Lipinski definition) is 1. The molecule has 0 rings (SSSR count). The predicted molar refractivity (Wildman–Crippen MR) is 47.6 cm³/mol. The highest BCUT2D eigenvalue weighted by molar-refractivity contribution is 5.60. The molecule has 0 bridgehead atoms. The Hall–Kier alpha value is -0.590. The zero-order valence-corrected chi connectivity index (χ0v) is 7.17. The average molecular weight is 139 g/mol. The van der Waals surface area contributed by atoms with E-state index in [2.05, 4.69) is 31.0 Å². The van der Waals surface area contributed by atoms with E-state index in [-0.39, 0.29) is 0 Å². The second kappa shape index (κ2) is 6.53. The molecule has 0 saturated heterocycles. The molecule has 1 unspecified atom stereocenters. The van der Waals surface area contributed by atoms with Crippen molar-refractivity contribution in [2.45, 2.75) is 26.7 Å². The topological polar surface area (TPSA) is 12.4 Å². The molecule has 0 fully saturated rings. The van der Waals surface area contributed by atoms with Gasteiger partial charge in [0, 0.05) is 13.3 Å². The van der Waals surface area contributed by atoms with Gasteiger partial charge in [-0.3, -0.25) is 0 Å². The van der Waals surface area contributed by atoms with Gasteiger partial charge in [-0.1, -0.05) is 26.0 Å². The lowest BCUT2D eigenvalue weighted by molar-refractivity contribution is 0.804. The van der Waals surface area contributed by atoms with Crippen molar-refractivity contribution in [3.8, 4) is 0 Å². The van der Waals surface area contributed by atoms with Crippen molar-refractivity contribution >= 4 is 6.21 Å². The molecule has 1 nitrogen and oxygen atoms in total. The van der Waals surface area contributed by atoms with Crippen molar-refractivity contribution in [3.63, 3.8) is 0 Å². The van der Waals surface area contributed by atoms with E-state index >= 15 is 0 Å². The molecule has 0 aliphatic heterocycles. The van der Waals surface area contributed by atoms with Crippen molar-refractivity contribution in [1.29, 1.82) is 0 Å². The molecule has 0 aromatic heterocycles. The van der Waals surface area contributed by atoms with Crippen LogP contribution in [-0.2, 0) is 0 Å². The van der Waals surface area contributed by atoms with Gasteiger partial charge in [0.15, 0.2) is 0 Å². The highest BCUT2D eigenvalue weighted by atomic mass is 14.6. The third-order valence-electron chi connectivity index (χ3n) is 1.31. The fraction of sp³-hybridized carbons (Fsp3) is 0.667. The zero-order chi connectivity index (χ0) is 7.82. The third-order valence-corrected chi connectivity index (χ3v) is 1.31. The molecular weight excluding hydrogens is 122 g/mol. The Morgan fingerprint density at radius 3 is 2.60 bits per heavy atom. The van der Waals surface area contributed by atoms with Crippen LogP contribution in [0.5, 0.6) is 0 Å². The Labute approximate surface area is 63.9 Å². The summed E-state index contributed by atoms with van der Waals surface area (Å²) in [5, 5.41) is 0. The van der Waals surface area contributed by atoms with Crippen molar-refractivity contribution in [3.05, 3.63) is 12.2 Å².